The van der Waals surface area contributed by atoms with E-state index in [4.69, 9.17) is 21.1 Å². The molecule has 7 nitrogen and oxygen atoms in total. The Kier molecular flexibility index (Phi) is 7.40. The van der Waals surface area contributed by atoms with E-state index in [0.29, 0.717) is 67.2 Å². The predicted molar refractivity (Wildman–Crippen MR) is 141 cm³/mol. The molecule has 0 amide bonds. The molecule has 0 bridgehead atoms. The van der Waals surface area contributed by atoms with Gasteiger partial charge in [0.25, 0.3) is 0 Å². The number of H-pyrrole nitrogens is 1. The van der Waals surface area contributed by atoms with Crippen molar-refractivity contribution in [2.24, 2.45) is 11.8 Å². The van der Waals surface area contributed by atoms with Crippen LogP contribution in [0.2, 0.25) is 5.15 Å². The normalized spacial score (nSPS) is 17.4. The van der Waals surface area contributed by atoms with Crippen LogP contribution in [0.15, 0.2) is 35.9 Å². The maximum absolute atomic E-state index is 15.2. The molecule has 0 saturated carbocycles. The van der Waals surface area contributed by atoms with E-state index in [9.17, 15) is 9.90 Å². The minimum absolute atomic E-state index is 0.275. The number of aliphatic carboxylic acids is 1. The molecule has 1 fully saturated rings. The molecule has 0 radical (unpaired) electrons. The molecule has 0 spiro atoms. The number of aromatic nitrogens is 2. The highest BCUT2D eigenvalue weighted by Crippen LogP contribution is 2.37. The number of hydrogen-bond acceptors (Lipinski definition) is 5. The molecule has 3 aromatic rings. The van der Waals surface area contributed by atoms with Crippen molar-refractivity contribution < 1.29 is 23.8 Å². The van der Waals surface area contributed by atoms with Gasteiger partial charge in [-0.3, -0.25) is 14.8 Å². The topological polar surface area (TPSA) is 87.7 Å². The van der Waals surface area contributed by atoms with Crippen LogP contribution in [0.3, 0.4) is 0 Å². The van der Waals surface area contributed by atoms with Crippen molar-refractivity contribution in [2.75, 3.05) is 26.2 Å². The molecule has 5 rings (SSSR count). The zero-order valence-electron chi connectivity index (χ0n) is 21.0. The lowest BCUT2D eigenvalue weighted by Crippen LogP contribution is -2.38. The van der Waals surface area contributed by atoms with E-state index in [-0.39, 0.29) is 12.0 Å². The van der Waals surface area contributed by atoms with E-state index in [0.717, 1.165) is 28.5 Å². The standard InChI is InChI=1S/C28H31ClFN3O4/c1-16(2)9-25(19-3-4-24-22(11-19)27(29)32-31-24)37-20-12-23(30)21-10-17(15-36-26(21)13-20)14-33-7-5-18(6-8-33)28(34)35/h3-4,10-13,16,18,25H,5-9,14-15H2,1-2H3,(H,31,32)(H,34,35). The van der Waals surface area contributed by atoms with Crippen molar-refractivity contribution >= 4 is 34.5 Å². The van der Waals surface area contributed by atoms with E-state index in [2.05, 4.69) is 28.9 Å². The van der Waals surface area contributed by atoms with Crippen molar-refractivity contribution in [3.05, 3.63) is 58.0 Å². The Morgan fingerprint density at radius 1 is 1.30 bits per heavy atom. The Labute approximate surface area is 220 Å². The summed E-state index contributed by atoms with van der Waals surface area (Å²) in [5.74, 6) is -0.179. The molecule has 2 aliphatic heterocycles. The summed E-state index contributed by atoms with van der Waals surface area (Å²) in [5.41, 5.74) is 3.11. The van der Waals surface area contributed by atoms with Crippen molar-refractivity contribution in [3.8, 4) is 11.5 Å². The Hall–Kier alpha value is -3.10. The van der Waals surface area contributed by atoms with E-state index < -0.39 is 11.8 Å². The lowest BCUT2D eigenvalue weighted by Gasteiger charge is -2.31. The summed E-state index contributed by atoms with van der Waals surface area (Å²) in [6.07, 6.45) is 3.56. The number of ether oxygens (including phenoxy) is 2. The first-order chi connectivity index (χ1) is 17.8. The maximum Gasteiger partial charge on any atom is 0.306 e. The van der Waals surface area contributed by atoms with Gasteiger partial charge in [0.15, 0.2) is 0 Å². The molecule has 0 aliphatic carbocycles. The van der Waals surface area contributed by atoms with Gasteiger partial charge in [-0.15, -0.1) is 0 Å². The number of carbonyl (C=O) groups is 1. The second-order valence-electron chi connectivity index (χ2n) is 10.3. The molecule has 1 saturated heterocycles. The monoisotopic (exact) mass is 527 g/mol. The van der Waals surface area contributed by atoms with Crippen LogP contribution >= 0.6 is 11.6 Å². The Balaban J connectivity index is 1.33. The lowest BCUT2D eigenvalue weighted by molar-refractivity contribution is -0.143. The molecule has 1 aromatic heterocycles. The van der Waals surface area contributed by atoms with Crippen LogP contribution < -0.4 is 9.47 Å². The number of carboxylic acids is 1. The Morgan fingerprint density at radius 3 is 2.81 bits per heavy atom. The smallest absolute Gasteiger partial charge is 0.306 e. The number of piperidine rings is 1. The zero-order chi connectivity index (χ0) is 26.1. The van der Waals surface area contributed by atoms with Crippen LogP contribution in [0, 0.1) is 17.7 Å². The van der Waals surface area contributed by atoms with Gasteiger partial charge < -0.3 is 14.6 Å². The molecule has 9 heteroatoms. The minimum Gasteiger partial charge on any atom is -0.488 e. The second-order valence-corrected chi connectivity index (χ2v) is 10.7. The van der Waals surface area contributed by atoms with Gasteiger partial charge in [0.1, 0.15) is 35.2 Å². The third-order valence-corrected chi connectivity index (χ3v) is 7.35. The third kappa shape index (κ3) is 5.75. The Morgan fingerprint density at radius 2 is 2.08 bits per heavy atom. The third-order valence-electron chi connectivity index (χ3n) is 7.06. The number of benzene rings is 2. The van der Waals surface area contributed by atoms with E-state index >= 15 is 4.39 Å². The fourth-order valence-corrected chi connectivity index (χ4v) is 5.26. The molecular formula is C28H31ClFN3O4. The van der Waals surface area contributed by atoms with Gasteiger partial charge in [0.05, 0.1) is 17.0 Å². The summed E-state index contributed by atoms with van der Waals surface area (Å²) in [6, 6.07) is 8.99. The number of halogens is 2. The summed E-state index contributed by atoms with van der Waals surface area (Å²) in [6.45, 7) is 6.66. The number of fused-ring (bicyclic) bond motifs is 2. The first kappa shape index (κ1) is 25.5. The van der Waals surface area contributed by atoms with E-state index in [1.165, 1.54) is 6.07 Å². The van der Waals surface area contributed by atoms with Gasteiger partial charge in [-0.1, -0.05) is 31.5 Å². The average Bonchev–Trinajstić information content (AvgIpc) is 3.24. The molecule has 2 aromatic carbocycles. The fourth-order valence-electron chi connectivity index (χ4n) is 5.07. The van der Waals surface area contributed by atoms with Crippen molar-refractivity contribution in [1.82, 2.24) is 15.1 Å². The molecule has 2 N–H and O–H groups in total. The number of nitrogens with zero attached hydrogens (tertiary/aromatic N) is 2. The zero-order valence-corrected chi connectivity index (χ0v) is 21.7. The molecule has 1 atom stereocenters. The van der Waals surface area contributed by atoms with Gasteiger partial charge in [0.2, 0.25) is 0 Å². The average molecular weight is 528 g/mol. The largest absolute Gasteiger partial charge is 0.488 e. The predicted octanol–water partition coefficient (Wildman–Crippen LogP) is 6.09. The molecule has 3 heterocycles. The van der Waals surface area contributed by atoms with E-state index in [1.54, 1.807) is 6.07 Å². The minimum atomic E-state index is -0.727. The van der Waals surface area contributed by atoms with Crippen LogP contribution in [0.4, 0.5) is 4.39 Å². The van der Waals surface area contributed by atoms with E-state index in [1.807, 2.05) is 24.3 Å². The van der Waals surface area contributed by atoms with Crippen LogP contribution in [0.1, 0.15) is 50.3 Å². The van der Waals surface area contributed by atoms with Gasteiger partial charge in [0, 0.05) is 24.1 Å². The lowest BCUT2D eigenvalue weighted by atomic mass is 9.96. The van der Waals surface area contributed by atoms with Crippen molar-refractivity contribution in [2.45, 2.75) is 39.2 Å². The number of likely N-dealkylation sites (tertiary alicyclic amines) is 1. The SMILES string of the molecule is CC(C)CC(Oc1cc(F)c2c(c1)OCC(CN1CCC(C(=O)O)CC1)=C2)c1ccc2n[nH]c(Cl)c2c1. The highest BCUT2D eigenvalue weighted by Gasteiger charge is 2.26. The first-order valence-corrected chi connectivity index (χ1v) is 13.1. The van der Waals surface area contributed by atoms with Crippen LogP contribution in [0.25, 0.3) is 17.0 Å². The van der Waals surface area contributed by atoms with Crippen molar-refractivity contribution in [1.29, 1.82) is 0 Å². The van der Waals surface area contributed by atoms with Crippen molar-refractivity contribution in [3.63, 3.8) is 0 Å². The Bertz CT molecular complexity index is 1330. The number of aromatic amines is 1. The molecule has 1 unspecified atom stereocenters. The summed E-state index contributed by atoms with van der Waals surface area (Å²) >= 11 is 6.25. The summed E-state index contributed by atoms with van der Waals surface area (Å²) < 4.78 is 27.5. The van der Waals surface area contributed by atoms with Gasteiger partial charge in [-0.2, -0.15) is 5.10 Å². The number of carboxylic acid groups (broad SMARTS) is 1. The van der Waals surface area contributed by atoms with Gasteiger partial charge >= 0.3 is 5.97 Å². The highest BCUT2D eigenvalue weighted by molar-refractivity contribution is 6.34. The van der Waals surface area contributed by atoms with Gasteiger partial charge in [-0.25, -0.2) is 4.39 Å². The number of rotatable bonds is 8. The van der Waals surface area contributed by atoms with Gasteiger partial charge in [-0.05, 0) is 67.6 Å². The fraction of sp³-hybridized carbons (Fsp3) is 0.429. The summed E-state index contributed by atoms with van der Waals surface area (Å²) in [7, 11) is 0. The summed E-state index contributed by atoms with van der Waals surface area (Å²) in [5, 5.41) is 17.5. The molecular weight excluding hydrogens is 497 g/mol. The molecule has 37 heavy (non-hydrogen) atoms. The number of nitrogens with one attached hydrogen (secondary N) is 1. The number of hydrogen-bond donors (Lipinski definition) is 2. The van der Waals surface area contributed by atoms with Crippen LogP contribution in [-0.2, 0) is 4.79 Å². The second kappa shape index (κ2) is 10.7. The van der Waals surface area contributed by atoms with Crippen LogP contribution in [-0.4, -0.2) is 52.4 Å². The quantitative estimate of drug-likeness (QED) is 0.368. The first-order valence-electron chi connectivity index (χ1n) is 12.7. The highest BCUT2D eigenvalue weighted by atomic mass is 35.5. The van der Waals surface area contributed by atoms with Crippen LogP contribution in [0.5, 0.6) is 11.5 Å². The summed E-state index contributed by atoms with van der Waals surface area (Å²) in [4.78, 5) is 13.4. The molecule has 2 aliphatic rings. The molecule has 196 valence electrons. The maximum atomic E-state index is 15.2.